The van der Waals surface area contributed by atoms with Crippen LogP contribution < -0.4 is 5.32 Å². The Morgan fingerprint density at radius 2 is 1.87 bits per heavy atom. The number of esters is 1. The topological polar surface area (TPSA) is 95.9 Å². The lowest BCUT2D eigenvalue weighted by Crippen LogP contribution is -2.55. The maximum Gasteiger partial charge on any atom is 0.310 e. The first-order valence-electron chi connectivity index (χ1n) is 11.8. The van der Waals surface area contributed by atoms with Crippen molar-refractivity contribution in [1.29, 1.82) is 0 Å². The molecule has 176 valence electrons. The molecule has 7 nitrogen and oxygen atoms in total. The van der Waals surface area contributed by atoms with Crippen LogP contribution in [0.5, 0.6) is 0 Å². The van der Waals surface area contributed by atoms with Gasteiger partial charge in [-0.25, -0.2) is 0 Å². The molecule has 0 bridgehead atoms. The van der Waals surface area contributed by atoms with Crippen LogP contribution in [0.2, 0.25) is 0 Å². The van der Waals surface area contributed by atoms with E-state index in [9.17, 15) is 19.5 Å². The maximum atomic E-state index is 13.8. The number of aliphatic hydroxyl groups is 1. The summed E-state index contributed by atoms with van der Waals surface area (Å²) >= 11 is 0. The third-order valence-corrected chi connectivity index (χ3v) is 6.77. The molecule has 0 aromatic heterocycles. The van der Waals surface area contributed by atoms with Crippen molar-refractivity contribution < 1.29 is 24.2 Å². The molecule has 1 fully saturated rings. The number of carbonyl (C=O) groups excluding carboxylic acids is 3. The molecule has 1 saturated heterocycles. The lowest BCUT2D eigenvalue weighted by atomic mass is 9.69. The van der Waals surface area contributed by atoms with Gasteiger partial charge in [-0.15, -0.1) is 0 Å². The Kier molecular flexibility index (Phi) is 9.10. The first-order chi connectivity index (χ1) is 14.7. The van der Waals surface area contributed by atoms with Gasteiger partial charge in [-0.2, -0.15) is 0 Å². The number of nitrogens with zero attached hydrogens (tertiary/aromatic N) is 1. The van der Waals surface area contributed by atoms with Crippen LogP contribution in [0.25, 0.3) is 0 Å². The molecule has 2 amide bonds. The highest BCUT2D eigenvalue weighted by atomic mass is 16.5. The van der Waals surface area contributed by atoms with Crippen LogP contribution in [0.1, 0.15) is 60.8 Å². The van der Waals surface area contributed by atoms with Crippen LogP contribution in [-0.4, -0.2) is 59.1 Å². The summed E-state index contributed by atoms with van der Waals surface area (Å²) in [7, 11) is 0. The van der Waals surface area contributed by atoms with E-state index < -0.39 is 29.8 Å². The number of likely N-dealkylation sites (tertiary alicyclic amines) is 1. The minimum absolute atomic E-state index is 0.0138. The summed E-state index contributed by atoms with van der Waals surface area (Å²) < 4.78 is 5.37. The fourth-order valence-electron chi connectivity index (χ4n) is 5.15. The van der Waals surface area contributed by atoms with E-state index in [4.69, 9.17) is 4.74 Å². The Labute approximate surface area is 186 Å². The average molecular weight is 437 g/mol. The van der Waals surface area contributed by atoms with Crippen molar-refractivity contribution in [2.75, 3.05) is 13.2 Å². The highest BCUT2D eigenvalue weighted by molar-refractivity contribution is 5.96. The minimum atomic E-state index is -0.748. The monoisotopic (exact) mass is 436 g/mol. The van der Waals surface area contributed by atoms with Crippen molar-refractivity contribution in [3.05, 3.63) is 12.2 Å². The molecule has 0 radical (unpaired) electrons. The maximum absolute atomic E-state index is 13.8. The molecular formula is C24H40N2O5. The van der Waals surface area contributed by atoms with Gasteiger partial charge < -0.3 is 20.1 Å². The Morgan fingerprint density at radius 1 is 1.19 bits per heavy atom. The smallest absolute Gasteiger partial charge is 0.310 e. The van der Waals surface area contributed by atoms with E-state index >= 15 is 0 Å². The van der Waals surface area contributed by atoms with Crippen LogP contribution in [0.3, 0.4) is 0 Å². The SMILES string of the molecule is CCC[C@@H]1C=C[C@H]2[C@H](C(=O)N([C@@H](CO)[C@@H](C)CC)[C@@H]2C(=O)NC(C)C)[C@@H]1C(=O)OCC. The molecule has 0 aromatic carbocycles. The number of allylic oxidation sites excluding steroid dienone is 1. The number of fused-ring (bicyclic) bond motifs is 1. The van der Waals surface area contributed by atoms with Crippen molar-refractivity contribution in [1.82, 2.24) is 10.2 Å². The predicted octanol–water partition coefficient (Wildman–Crippen LogP) is 2.53. The van der Waals surface area contributed by atoms with Crippen LogP contribution in [-0.2, 0) is 19.1 Å². The summed E-state index contributed by atoms with van der Waals surface area (Å²) in [6.45, 7) is 11.6. The second-order valence-electron chi connectivity index (χ2n) is 9.21. The van der Waals surface area contributed by atoms with Crippen LogP contribution in [0.15, 0.2) is 12.2 Å². The number of amides is 2. The fourth-order valence-corrected chi connectivity index (χ4v) is 5.15. The van der Waals surface area contributed by atoms with E-state index in [1.165, 1.54) is 0 Å². The van der Waals surface area contributed by atoms with Gasteiger partial charge in [0.05, 0.1) is 31.1 Å². The molecule has 0 unspecified atom stereocenters. The zero-order valence-electron chi connectivity index (χ0n) is 19.8. The molecule has 2 aliphatic rings. The van der Waals surface area contributed by atoms with E-state index in [1.54, 1.807) is 11.8 Å². The van der Waals surface area contributed by atoms with Gasteiger partial charge in [-0.1, -0.05) is 45.8 Å². The Balaban J connectivity index is 2.56. The molecular weight excluding hydrogens is 396 g/mol. The third kappa shape index (κ3) is 5.13. The van der Waals surface area contributed by atoms with Crippen molar-refractivity contribution in [3.63, 3.8) is 0 Å². The Bertz CT molecular complexity index is 677. The second kappa shape index (κ2) is 11.1. The van der Waals surface area contributed by atoms with E-state index in [2.05, 4.69) is 12.2 Å². The molecule has 0 saturated carbocycles. The third-order valence-electron chi connectivity index (χ3n) is 6.77. The van der Waals surface area contributed by atoms with Gasteiger partial charge in [-0.05, 0) is 39.0 Å². The average Bonchev–Trinajstić information content (AvgIpc) is 3.01. The van der Waals surface area contributed by atoms with E-state index in [1.807, 2.05) is 39.8 Å². The minimum Gasteiger partial charge on any atom is -0.466 e. The lowest BCUT2D eigenvalue weighted by molar-refractivity contribution is -0.156. The molecule has 2 rings (SSSR count). The molecule has 1 aliphatic carbocycles. The summed E-state index contributed by atoms with van der Waals surface area (Å²) in [6, 6.07) is -1.31. The van der Waals surface area contributed by atoms with E-state index in [0.29, 0.717) is 0 Å². The quantitative estimate of drug-likeness (QED) is 0.405. The number of rotatable bonds is 10. The highest BCUT2D eigenvalue weighted by Crippen LogP contribution is 2.46. The van der Waals surface area contributed by atoms with Crippen molar-refractivity contribution in [3.8, 4) is 0 Å². The van der Waals surface area contributed by atoms with E-state index in [0.717, 1.165) is 19.3 Å². The number of hydrogen-bond acceptors (Lipinski definition) is 5. The van der Waals surface area contributed by atoms with Gasteiger partial charge >= 0.3 is 5.97 Å². The fraction of sp³-hybridized carbons (Fsp3) is 0.792. The van der Waals surface area contributed by atoms with Gasteiger partial charge in [0.2, 0.25) is 11.8 Å². The van der Waals surface area contributed by atoms with E-state index in [-0.39, 0.29) is 48.9 Å². The largest absolute Gasteiger partial charge is 0.466 e. The standard InChI is InChI=1S/C24H40N2O5/c1-7-10-16-11-12-17-20(19(16)24(30)31-9-3)23(29)26(18(13-27)15(6)8-2)21(17)22(28)25-14(4)5/h11-12,14-21,27H,7-10,13H2,1-6H3,(H,25,28)/t15-,16+,17-,18-,19+,20-,21-/m0/s1. The Morgan fingerprint density at radius 3 is 2.39 bits per heavy atom. The molecule has 7 atom stereocenters. The zero-order chi connectivity index (χ0) is 23.3. The number of carbonyl (C=O) groups is 3. The molecule has 1 heterocycles. The van der Waals surface area contributed by atoms with Crippen molar-refractivity contribution >= 4 is 17.8 Å². The predicted molar refractivity (Wildman–Crippen MR) is 119 cm³/mol. The summed E-state index contributed by atoms with van der Waals surface area (Å²) in [5.74, 6) is -2.61. The molecule has 0 aromatic rings. The molecule has 2 N–H and O–H groups in total. The second-order valence-corrected chi connectivity index (χ2v) is 9.21. The van der Waals surface area contributed by atoms with Crippen LogP contribution in [0, 0.1) is 29.6 Å². The summed E-state index contributed by atoms with van der Waals surface area (Å²) in [5, 5.41) is 13.1. The first kappa shape index (κ1) is 25.4. The summed E-state index contributed by atoms with van der Waals surface area (Å²) in [4.78, 5) is 41.7. The summed E-state index contributed by atoms with van der Waals surface area (Å²) in [5.41, 5.74) is 0. The molecule has 1 aliphatic heterocycles. The van der Waals surface area contributed by atoms with Crippen LogP contribution >= 0.6 is 0 Å². The normalized spacial score (nSPS) is 29.6. The number of hydrogen-bond donors (Lipinski definition) is 2. The van der Waals surface area contributed by atoms with Gasteiger partial charge in [-0.3, -0.25) is 14.4 Å². The van der Waals surface area contributed by atoms with Gasteiger partial charge in [0.15, 0.2) is 0 Å². The van der Waals surface area contributed by atoms with Gasteiger partial charge in [0.25, 0.3) is 0 Å². The number of ether oxygens (including phenoxy) is 1. The summed E-state index contributed by atoms with van der Waals surface area (Å²) in [6.07, 6.45) is 6.36. The molecule has 31 heavy (non-hydrogen) atoms. The Hall–Kier alpha value is -1.89. The number of aliphatic hydroxyl groups excluding tert-OH is 1. The molecule has 0 spiro atoms. The van der Waals surface area contributed by atoms with Gasteiger partial charge in [0, 0.05) is 12.0 Å². The van der Waals surface area contributed by atoms with Crippen molar-refractivity contribution in [2.24, 2.45) is 29.6 Å². The van der Waals surface area contributed by atoms with Crippen LogP contribution in [0.4, 0.5) is 0 Å². The molecule has 7 heteroatoms. The highest BCUT2D eigenvalue weighted by Gasteiger charge is 2.59. The zero-order valence-corrected chi connectivity index (χ0v) is 19.8. The first-order valence-corrected chi connectivity index (χ1v) is 11.8. The number of nitrogens with one attached hydrogen (secondary N) is 1. The van der Waals surface area contributed by atoms with Crippen molar-refractivity contribution in [2.45, 2.75) is 78.9 Å². The van der Waals surface area contributed by atoms with Gasteiger partial charge in [0.1, 0.15) is 6.04 Å². The lowest BCUT2D eigenvalue weighted by Gasteiger charge is -2.36.